The quantitative estimate of drug-likeness (QED) is 0.517. The Bertz CT molecular complexity index is 167. The number of carbonyl (C=O) groups excluding carboxylic acids is 1. The smallest absolute Gasteiger partial charge is 0.260 e. The van der Waals surface area contributed by atoms with Crippen LogP contribution in [0.15, 0.2) is 0 Å². The standard InChI is InChI=1S/C6H8N2O2/c7-3-2-6(9)8-4-1-5-10-8/h1-2,4-5H2. The summed E-state index contributed by atoms with van der Waals surface area (Å²) in [6.07, 6.45) is 0.789. The second-order valence-corrected chi connectivity index (χ2v) is 2.02. The van der Waals surface area contributed by atoms with E-state index in [1.807, 2.05) is 0 Å². The van der Waals surface area contributed by atoms with Crippen molar-refractivity contribution in [2.45, 2.75) is 12.8 Å². The van der Waals surface area contributed by atoms with Crippen molar-refractivity contribution in [2.75, 3.05) is 13.2 Å². The number of carbonyl (C=O) groups is 1. The zero-order valence-corrected chi connectivity index (χ0v) is 5.54. The minimum atomic E-state index is -0.236. The van der Waals surface area contributed by atoms with E-state index in [2.05, 4.69) is 0 Å². The van der Waals surface area contributed by atoms with E-state index in [-0.39, 0.29) is 12.3 Å². The van der Waals surface area contributed by atoms with Gasteiger partial charge in [0.05, 0.1) is 19.2 Å². The van der Waals surface area contributed by atoms with E-state index in [1.165, 1.54) is 5.06 Å². The molecule has 1 saturated heterocycles. The third-order valence-electron chi connectivity index (χ3n) is 1.26. The molecule has 4 nitrogen and oxygen atoms in total. The van der Waals surface area contributed by atoms with Gasteiger partial charge in [-0.15, -0.1) is 0 Å². The van der Waals surface area contributed by atoms with Crippen LogP contribution in [0.4, 0.5) is 0 Å². The van der Waals surface area contributed by atoms with Crippen LogP contribution in [0, 0.1) is 11.3 Å². The molecule has 1 fully saturated rings. The molecule has 0 atom stereocenters. The van der Waals surface area contributed by atoms with Crippen molar-refractivity contribution in [3.05, 3.63) is 0 Å². The zero-order chi connectivity index (χ0) is 7.40. The van der Waals surface area contributed by atoms with E-state index >= 15 is 0 Å². The third kappa shape index (κ3) is 1.45. The van der Waals surface area contributed by atoms with Gasteiger partial charge in [-0.2, -0.15) is 5.26 Å². The van der Waals surface area contributed by atoms with Crippen LogP contribution in [0.3, 0.4) is 0 Å². The average Bonchev–Trinajstić information content (AvgIpc) is 2.38. The van der Waals surface area contributed by atoms with Crippen molar-refractivity contribution in [3.63, 3.8) is 0 Å². The maximum atomic E-state index is 10.8. The molecule has 0 bridgehead atoms. The molecule has 0 aromatic rings. The van der Waals surface area contributed by atoms with Gasteiger partial charge in [-0.1, -0.05) is 0 Å². The minimum absolute atomic E-state index is 0.0833. The first-order valence-electron chi connectivity index (χ1n) is 3.15. The van der Waals surface area contributed by atoms with Crippen LogP contribution in [0.2, 0.25) is 0 Å². The molecule has 0 aliphatic carbocycles. The molecule has 0 saturated carbocycles. The van der Waals surface area contributed by atoms with Gasteiger partial charge in [0.1, 0.15) is 6.42 Å². The third-order valence-corrected chi connectivity index (χ3v) is 1.26. The molecule has 1 amide bonds. The van der Waals surface area contributed by atoms with E-state index in [0.717, 1.165) is 6.42 Å². The highest BCUT2D eigenvalue weighted by atomic mass is 16.7. The second kappa shape index (κ2) is 3.18. The van der Waals surface area contributed by atoms with E-state index < -0.39 is 0 Å². The maximum Gasteiger partial charge on any atom is 0.260 e. The summed E-state index contributed by atoms with van der Waals surface area (Å²) in [5.41, 5.74) is 0. The Morgan fingerprint density at radius 3 is 3.10 bits per heavy atom. The fourth-order valence-corrected chi connectivity index (χ4v) is 0.800. The minimum Gasteiger partial charge on any atom is -0.271 e. The molecule has 0 radical (unpaired) electrons. The highest BCUT2D eigenvalue weighted by Gasteiger charge is 2.17. The summed E-state index contributed by atoms with van der Waals surface area (Å²) in [5, 5.41) is 9.40. The Morgan fingerprint density at radius 1 is 1.80 bits per heavy atom. The normalized spacial score (nSPS) is 16.9. The van der Waals surface area contributed by atoms with Gasteiger partial charge in [0.2, 0.25) is 0 Å². The molecule has 0 unspecified atom stereocenters. The first-order valence-corrected chi connectivity index (χ1v) is 3.15. The second-order valence-electron chi connectivity index (χ2n) is 2.02. The van der Waals surface area contributed by atoms with Crippen LogP contribution in [0.25, 0.3) is 0 Å². The lowest BCUT2D eigenvalue weighted by molar-refractivity contribution is -0.167. The van der Waals surface area contributed by atoms with Crippen LogP contribution in [0.5, 0.6) is 0 Å². The summed E-state index contributed by atoms with van der Waals surface area (Å²) in [6, 6.07) is 1.77. The van der Waals surface area contributed by atoms with Crippen molar-refractivity contribution in [2.24, 2.45) is 0 Å². The average molecular weight is 140 g/mol. The zero-order valence-electron chi connectivity index (χ0n) is 5.54. The monoisotopic (exact) mass is 140 g/mol. The van der Waals surface area contributed by atoms with Crippen LogP contribution >= 0.6 is 0 Å². The van der Waals surface area contributed by atoms with Gasteiger partial charge < -0.3 is 0 Å². The molecular formula is C6H8N2O2. The molecule has 10 heavy (non-hydrogen) atoms. The number of nitrogens with zero attached hydrogens (tertiary/aromatic N) is 2. The van der Waals surface area contributed by atoms with Gasteiger partial charge in [-0.25, -0.2) is 5.06 Å². The molecule has 1 heterocycles. The summed E-state index contributed by atoms with van der Waals surface area (Å²) >= 11 is 0. The molecule has 1 aliphatic rings. The summed E-state index contributed by atoms with van der Waals surface area (Å²) in [4.78, 5) is 15.7. The Kier molecular flexibility index (Phi) is 2.24. The van der Waals surface area contributed by atoms with E-state index in [1.54, 1.807) is 6.07 Å². The van der Waals surface area contributed by atoms with Crippen molar-refractivity contribution in [3.8, 4) is 6.07 Å². The maximum absolute atomic E-state index is 10.8. The molecule has 54 valence electrons. The molecule has 0 aromatic carbocycles. The molecule has 0 spiro atoms. The Hall–Kier alpha value is -1.08. The highest BCUT2D eigenvalue weighted by Crippen LogP contribution is 2.05. The molecule has 0 aromatic heterocycles. The van der Waals surface area contributed by atoms with Gasteiger partial charge in [-0.05, 0) is 6.42 Å². The predicted molar refractivity (Wildman–Crippen MR) is 32.5 cm³/mol. The van der Waals surface area contributed by atoms with Crippen LogP contribution in [0.1, 0.15) is 12.8 Å². The van der Waals surface area contributed by atoms with Gasteiger partial charge in [0.15, 0.2) is 0 Å². The summed E-state index contributed by atoms with van der Waals surface area (Å²) in [5.74, 6) is -0.236. The van der Waals surface area contributed by atoms with Gasteiger partial charge >= 0.3 is 0 Å². The highest BCUT2D eigenvalue weighted by molar-refractivity contribution is 5.77. The molecule has 4 heteroatoms. The predicted octanol–water partition coefficient (Wildman–Crippen LogP) is 0.0640. The molecule has 1 aliphatic heterocycles. The summed E-state index contributed by atoms with van der Waals surface area (Å²) in [7, 11) is 0. The first-order chi connectivity index (χ1) is 4.84. The van der Waals surface area contributed by atoms with Gasteiger partial charge in [0, 0.05) is 0 Å². The fraction of sp³-hybridized carbons (Fsp3) is 0.667. The molecule has 1 rings (SSSR count). The molecule has 0 N–H and O–H groups in total. The van der Waals surface area contributed by atoms with Crippen LogP contribution < -0.4 is 0 Å². The van der Waals surface area contributed by atoms with Crippen LogP contribution in [-0.4, -0.2) is 24.1 Å². The number of amides is 1. The van der Waals surface area contributed by atoms with Crippen molar-refractivity contribution in [1.82, 2.24) is 5.06 Å². The van der Waals surface area contributed by atoms with E-state index in [4.69, 9.17) is 10.1 Å². The molecular weight excluding hydrogens is 132 g/mol. The number of rotatable bonds is 1. The fourth-order valence-electron chi connectivity index (χ4n) is 0.800. The number of nitriles is 1. The Morgan fingerprint density at radius 2 is 2.60 bits per heavy atom. The Labute approximate surface area is 58.9 Å². The van der Waals surface area contributed by atoms with E-state index in [0.29, 0.717) is 13.2 Å². The number of hydrogen-bond acceptors (Lipinski definition) is 3. The topological polar surface area (TPSA) is 53.3 Å². The Balaban J connectivity index is 2.34. The van der Waals surface area contributed by atoms with E-state index in [9.17, 15) is 4.79 Å². The number of hydrogen-bond donors (Lipinski definition) is 0. The summed E-state index contributed by atoms with van der Waals surface area (Å²) < 4.78 is 0. The van der Waals surface area contributed by atoms with Crippen molar-refractivity contribution in [1.29, 1.82) is 5.26 Å². The van der Waals surface area contributed by atoms with Gasteiger partial charge in [-0.3, -0.25) is 9.63 Å². The SMILES string of the molecule is N#CCC(=O)N1CCCO1. The lowest BCUT2D eigenvalue weighted by Gasteiger charge is -2.10. The van der Waals surface area contributed by atoms with Gasteiger partial charge in [0.25, 0.3) is 5.91 Å². The van der Waals surface area contributed by atoms with Crippen LogP contribution in [-0.2, 0) is 9.63 Å². The summed E-state index contributed by atoms with van der Waals surface area (Å²) in [6.45, 7) is 1.22. The number of hydroxylamine groups is 2. The lowest BCUT2D eigenvalue weighted by Crippen LogP contribution is -2.25. The largest absolute Gasteiger partial charge is 0.271 e. The lowest BCUT2D eigenvalue weighted by atomic mass is 10.4. The first kappa shape index (κ1) is 7.03. The van der Waals surface area contributed by atoms with Crippen molar-refractivity contribution < 1.29 is 9.63 Å². The van der Waals surface area contributed by atoms with Crippen molar-refractivity contribution >= 4 is 5.91 Å².